The third-order valence-electron chi connectivity index (χ3n) is 3.14. The molecule has 0 saturated heterocycles. The second-order valence-electron chi connectivity index (χ2n) is 5.14. The van der Waals surface area contributed by atoms with Crippen LogP contribution in [0.5, 0.6) is 0 Å². The Balaban J connectivity index is 1.60. The van der Waals surface area contributed by atoms with Gasteiger partial charge in [-0.3, -0.25) is 9.59 Å². The molecule has 0 saturated carbocycles. The quantitative estimate of drug-likeness (QED) is 0.531. The zero-order chi connectivity index (χ0) is 17.1. The summed E-state index contributed by atoms with van der Waals surface area (Å²) in [6.45, 7) is 3.94. The number of thioether (sulfide) groups is 1. The molecule has 124 valence electrons. The van der Waals surface area contributed by atoms with Gasteiger partial charge < -0.3 is 10.3 Å². The Morgan fingerprint density at radius 3 is 2.96 bits per heavy atom. The van der Waals surface area contributed by atoms with Gasteiger partial charge >= 0.3 is 0 Å². The van der Waals surface area contributed by atoms with Gasteiger partial charge in [0.05, 0.1) is 18.0 Å². The van der Waals surface area contributed by atoms with Crippen molar-refractivity contribution in [1.29, 1.82) is 0 Å². The van der Waals surface area contributed by atoms with Crippen LogP contribution in [-0.4, -0.2) is 31.6 Å². The van der Waals surface area contributed by atoms with Gasteiger partial charge in [-0.2, -0.15) is 0 Å². The predicted molar refractivity (Wildman–Crippen MR) is 94.3 cm³/mol. The molecule has 0 aliphatic carbocycles. The van der Waals surface area contributed by atoms with Gasteiger partial charge in [-0.15, -0.1) is 11.3 Å². The van der Waals surface area contributed by atoms with Crippen molar-refractivity contribution >= 4 is 39.2 Å². The number of hydrogen-bond acceptors (Lipinski definition) is 7. The minimum Gasteiger partial charge on any atom is -0.350 e. The van der Waals surface area contributed by atoms with Crippen molar-refractivity contribution in [2.24, 2.45) is 0 Å². The zero-order valence-corrected chi connectivity index (χ0v) is 14.8. The highest BCUT2D eigenvalue weighted by Gasteiger charge is 2.10. The molecule has 3 aromatic rings. The Labute approximate surface area is 146 Å². The van der Waals surface area contributed by atoms with Crippen LogP contribution >= 0.6 is 23.1 Å². The Morgan fingerprint density at radius 1 is 1.33 bits per heavy atom. The van der Waals surface area contributed by atoms with Crippen molar-refractivity contribution < 1.29 is 4.79 Å². The normalized spacial score (nSPS) is 10.9. The Bertz CT molecular complexity index is 950. The third kappa shape index (κ3) is 3.98. The standard InChI is InChI=1S/C15H15N5O2S2/c1-8-3-11-14(17-7-18-15(11)24-8)23-6-13(22)16-5-10-4-12(21)20-9(2)19-10/h3-4,7H,5-6H2,1-2H3,(H,16,22)(H,19,20,21). The lowest BCUT2D eigenvalue weighted by atomic mass is 10.4. The van der Waals surface area contributed by atoms with Crippen molar-refractivity contribution in [2.75, 3.05) is 5.75 Å². The summed E-state index contributed by atoms with van der Waals surface area (Å²) < 4.78 is 0. The molecular formula is C15H15N5O2S2. The van der Waals surface area contributed by atoms with Crippen LogP contribution in [0.25, 0.3) is 10.2 Å². The van der Waals surface area contributed by atoms with E-state index in [0.717, 1.165) is 20.1 Å². The van der Waals surface area contributed by atoms with Crippen LogP contribution in [0.15, 0.2) is 28.3 Å². The maximum absolute atomic E-state index is 12.0. The molecule has 0 bridgehead atoms. The summed E-state index contributed by atoms with van der Waals surface area (Å²) in [6, 6.07) is 3.41. The van der Waals surface area contributed by atoms with E-state index in [1.807, 2.05) is 13.0 Å². The van der Waals surface area contributed by atoms with E-state index in [9.17, 15) is 9.59 Å². The van der Waals surface area contributed by atoms with Crippen LogP contribution in [0.3, 0.4) is 0 Å². The van der Waals surface area contributed by atoms with Gasteiger partial charge in [0.25, 0.3) is 5.56 Å². The second kappa shape index (κ2) is 7.10. The smallest absolute Gasteiger partial charge is 0.251 e. The molecule has 0 spiro atoms. The Morgan fingerprint density at radius 2 is 2.17 bits per heavy atom. The first-order chi connectivity index (χ1) is 11.5. The Hall–Kier alpha value is -2.26. The number of aromatic amines is 1. The van der Waals surface area contributed by atoms with E-state index in [1.165, 1.54) is 24.2 Å². The average Bonchev–Trinajstić information content (AvgIpc) is 2.90. The molecule has 0 atom stereocenters. The van der Waals surface area contributed by atoms with E-state index >= 15 is 0 Å². The highest BCUT2D eigenvalue weighted by atomic mass is 32.2. The van der Waals surface area contributed by atoms with Crippen LogP contribution < -0.4 is 10.9 Å². The molecule has 3 heterocycles. The lowest BCUT2D eigenvalue weighted by Gasteiger charge is -2.05. The van der Waals surface area contributed by atoms with Crippen LogP contribution in [0.4, 0.5) is 0 Å². The molecule has 0 radical (unpaired) electrons. The molecule has 0 unspecified atom stereocenters. The first-order valence-electron chi connectivity index (χ1n) is 7.19. The van der Waals surface area contributed by atoms with Gasteiger partial charge in [0.2, 0.25) is 5.91 Å². The van der Waals surface area contributed by atoms with Crippen LogP contribution in [0.2, 0.25) is 0 Å². The minimum atomic E-state index is -0.225. The lowest BCUT2D eigenvalue weighted by Crippen LogP contribution is -2.26. The molecule has 0 aromatic carbocycles. The van der Waals surface area contributed by atoms with E-state index in [4.69, 9.17) is 0 Å². The number of aromatic nitrogens is 4. The van der Waals surface area contributed by atoms with Gasteiger partial charge in [0.15, 0.2) is 0 Å². The van der Waals surface area contributed by atoms with E-state index < -0.39 is 0 Å². The predicted octanol–water partition coefficient (Wildman–Crippen LogP) is 1.80. The molecule has 2 N–H and O–H groups in total. The highest BCUT2D eigenvalue weighted by Crippen LogP contribution is 2.29. The maximum Gasteiger partial charge on any atom is 0.251 e. The molecule has 9 heteroatoms. The fourth-order valence-electron chi connectivity index (χ4n) is 2.18. The molecule has 3 rings (SSSR count). The van der Waals surface area contributed by atoms with E-state index in [-0.39, 0.29) is 23.8 Å². The molecule has 7 nitrogen and oxygen atoms in total. The van der Waals surface area contributed by atoms with Gasteiger partial charge in [-0.1, -0.05) is 11.8 Å². The number of nitrogens with zero attached hydrogens (tertiary/aromatic N) is 3. The monoisotopic (exact) mass is 361 g/mol. The van der Waals surface area contributed by atoms with E-state index in [1.54, 1.807) is 18.3 Å². The number of amides is 1. The zero-order valence-electron chi connectivity index (χ0n) is 13.1. The van der Waals surface area contributed by atoms with Crippen LogP contribution in [0, 0.1) is 13.8 Å². The fourth-order valence-corrected chi connectivity index (χ4v) is 3.89. The molecule has 3 aromatic heterocycles. The summed E-state index contributed by atoms with van der Waals surface area (Å²) in [6.07, 6.45) is 1.52. The number of fused-ring (bicyclic) bond motifs is 1. The summed E-state index contributed by atoms with van der Waals surface area (Å²) in [5.41, 5.74) is 0.310. The second-order valence-corrected chi connectivity index (χ2v) is 7.34. The summed E-state index contributed by atoms with van der Waals surface area (Å²) >= 11 is 2.97. The first-order valence-corrected chi connectivity index (χ1v) is 8.99. The lowest BCUT2D eigenvalue weighted by molar-refractivity contribution is -0.118. The van der Waals surface area contributed by atoms with Crippen LogP contribution in [-0.2, 0) is 11.3 Å². The number of H-pyrrole nitrogens is 1. The third-order valence-corrected chi connectivity index (χ3v) is 5.10. The highest BCUT2D eigenvalue weighted by molar-refractivity contribution is 8.00. The van der Waals surface area contributed by atoms with Crippen molar-refractivity contribution in [3.8, 4) is 0 Å². The van der Waals surface area contributed by atoms with E-state index in [0.29, 0.717) is 11.5 Å². The van der Waals surface area contributed by atoms with Crippen LogP contribution in [0.1, 0.15) is 16.4 Å². The number of carbonyl (C=O) groups excluding carboxylic acids is 1. The first kappa shape index (κ1) is 16.6. The maximum atomic E-state index is 12.0. The number of hydrogen-bond donors (Lipinski definition) is 2. The van der Waals surface area contributed by atoms with Gasteiger partial charge in [0.1, 0.15) is 22.0 Å². The topological polar surface area (TPSA) is 101 Å². The van der Waals surface area contributed by atoms with Crippen molar-refractivity contribution in [3.05, 3.63) is 45.2 Å². The molecule has 0 fully saturated rings. The SMILES string of the molecule is Cc1nc(CNC(=O)CSc2ncnc3sc(C)cc23)cc(=O)[nH]1. The summed E-state index contributed by atoms with van der Waals surface area (Å²) in [5, 5.41) is 4.53. The van der Waals surface area contributed by atoms with Crippen molar-refractivity contribution in [1.82, 2.24) is 25.3 Å². The average molecular weight is 361 g/mol. The van der Waals surface area contributed by atoms with Crippen molar-refractivity contribution in [3.63, 3.8) is 0 Å². The Kier molecular flexibility index (Phi) is 4.91. The summed E-state index contributed by atoms with van der Waals surface area (Å²) in [7, 11) is 0. The molecule has 1 amide bonds. The minimum absolute atomic E-state index is 0.140. The van der Waals surface area contributed by atoms with Gasteiger partial charge in [-0.05, 0) is 19.9 Å². The fraction of sp³-hybridized carbons (Fsp3) is 0.267. The number of aryl methyl sites for hydroxylation is 2. The largest absolute Gasteiger partial charge is 0.350 e. The molecule has 0 aliphatic rings. The number of nitrogens with one attached hydrogen (secondary N) is 2. The van der Waals surface area contributed by atoms with E-state index in [2.05, 4.69) is 25.3 Å². The molecule has 24 heavy (non-hydrogen) atoms. The van der Waals surface area contributed by atoms with Gasteiger partial charge in [0, 0.05) is 16.3 Å². The number of rotatable bonds is 5. The number of thiophene rings is 1. The van der Waals surface area contributed by atoms with Crippen molar-refractivity contribution in [2.45, 2.75) is 25.4 Å². The summed E-state index contributed by atoms with van der Waals surface area (Å²) in [4.78, 5) is 40.7. The molecule has 0 aliphatic heterocycles. The molecular weight excluding hydrogens is 346 g/mol. The summed E-state index contributed by atoms with van der Waals surface area (Å²) in [5.74, 6) is 0.624. The number of carbonyl (C=O) groups is 1. The van der Waals surface area contributed by atoms with Gasteiger partial charge in [-0.25, -0.2) is 15.0 Å².